The number of nitro groups is 1. The molecule has 110 valence electrons. The van der Waals surface area contributed by atoms with E-state index in [1.54, 1.807) is 12.1 Å². The summed E-state index contributed by atoms with van der Waals surface area (Å²) in [6.07, 6.45) is 0. The van der Waals surface area contributed by atoms with Gasteiger partial charge < -0.3 is 4.74 Å². The van der Waals surface area contributed by atoms with Gasteiger partial charge in [0.1, 0.15) is 12.4 Å². The Kier molecular flexibility index (Phi) is 4.73. The van der Waals surface area contributed by atoms with Crippen LogP contribution in [0.25, 0.3) is 0 Å². The number of carbonyl (C=O) groups excluding carboxylic acids is 1. The van der Waals surface area contributed by atoms with E-state index >= 15 is 0 Å². The molecule has 3 N–H and O–H groups in total. The van der Waals surface area contributed by atoms with Gasteiger partial charge in [-0.2, -0.15) is 0 Å². The van der Waals surface area contributed by atoms with Crippen LogP contribution >= 0.6 is 22.9 Å². The zero-order valence-electron chi connectivity index (χ0n) is 10.5. The summed E-state index contributed by atoms with van der Waals surface area (Å²) in [6, 6.07) is 7.32. The molecule has 0 atom stereocenters. The van der Waals surface area contributed by atoms with E-state index in [1.807, 2.05) is 5.43 Å². The predicted octanol–water partition coefficient (Wildman–Crippen LogP) is 2.49. The van der Waals surface area contributed by atoms with Crippen LogP contribution in [-0.4, -0.2) is 10.8 Å². The van der Waals surface area contributed by atoms with E-state index in [0.717, 1.165) is 4.88 Å². The lowest BCUT2D eigenvalue weighted by Crippen LogP contribution is -2.29. The summed E-state index contributed by atoms with van der Waals surface area (Å²) in [7, 11) is 0. The number of halogens is 1. The number of nitrogen functional groups attached to an aromatic ring is 1. The van der Waals surface area contributed by atoms with Gasteiger partial charge in [0.2, 0.25) is 0 Å². The van der Waals surface area contributed by atoms with E-state index in [0.29, 0.717) is 10.6 Å². The van der Waals surface area contributed by atoms with Crippen LogP contribution in [0.15, 0.2) is 30.3 Å². The van der Waals surface area contributed by atoms with E-state index in [9.17, 15) is 14.9 Å². The minimum absolute atomic E-state index is 0.106. The zero-order valence-corrected chi connectivity index (χ0v) is 12.1. The number of benzene rings is 1. The Balaban J connectivity index is 2.04. The van der Waals surface area contributed by atoms with Crippen molar-refractivity contribution in [2.24, 2.45) is 5.84 Å². The maximum absolute atomic E-state index is 11.3. The second kappa shape index (κ2) is 6.53. The summed E-state index contributed by atoms with van der Waals surface area (Å²) in [5, 5.41) is 10.8. The minimum Gasteiger partial charge on any atom is -0.487 e. The minimum atomic E-state index is -0.535. The van der Waals surface area contributed by atoms with E-state index in [4.69, 9.17) is 22.2 Å². The third kappa shape index (κ3) is 3.69. The second-order valence-corrected chi connectivity index (χ2v) is 5.48. The summed E-state index contributed by atoms with van der Waals surface area (Å²) >= 11 is 7.14. The number of nitrogens with one attached hydrogen (secondary N) is 1. The lowest BCUT2D eigenvalue weighted by Gasteiger charge is -2.06. The van der Waals surface area contributed by atoms with Crippen molar-refractivity contribution in [2.75, 3.05) is 0 Å². The van der Waals surface area contributed by atoms with Gasteiger partial charge >= 0.3 is 0 Å². The molecular formula is C12H10ClN3O4S. The summed E-state index contributed by atoms with van der Waals surface area (Å²) in [5.41, 5.74) is 1.93. The Morgan fingerprint density at radius 2 is 2.19 bits per heavy atom. The number of nitro benzene ring substituents is 1. The van der Waals surface area contributed by atoms with Crippen molar-refractivity contribution in [3.8, 4) is 5.75 Å². The van der Waals surface area contributed by atoms with Crippen molar-refractivity contribution in [1.82, 2.24) is 5.43 Å². The predicted molar refractivity (Wildman–Crippen MR) is 78.4 cm³/mol. The second-order valence-electron chi connectivity index (χ2n) is 3.90. The topological polar surface area (TPSA) is 107 Å². The average Bonchev–Trinajstić information content (AvgIpc) is 2.93. The van der Waals surface area contributed by atoms with Crippen LogP contribution in [0.4, 0.5) is 5.69 Å². The molecule has 0 unspecified atom stereocenters. The van der Waals surface area contributed by atoms with Gasteiger partial charge in [0, 0.05) is 17.0 Å². The molecule has 0 saturated heterocycles. The quantitative estimate of drug-likeness (QED) is 0.379. The average molecular weight is 328 g/mol. The summed E-state index contributed by atoms with van der Waals surface area (Å²) in [5.74, 6) is 5.00. The van der Waals surface area contributed by atoms with Crippen molar-refractivity contribution < 1.29 is 14.5 Å². The monoisotopic (exact) mass is 327 g/mol. The van der Waals surface area contributed by atoms with Gasteiger partial charge in [-0.15, -0.1) is 11.3 Å². The van der Waals surface area contributed by atoms with E-state index in [2.05, 4.69) is 0 Å². The molecule has 0 radical (unpaired) electrons. The molecule has 0 fully saturated rings. The summed E-state index contributed by atoms with van der Waals surface area (Å²) < 4.78 is 5.48. The van der Waals surface area contributed by atoms with E-state index in [1.165, 1.54) is 29.5 Å². The number of nitrogens with two attached hydrogens (primary N) is 1. The third-order valence-electron chi connectivity index (χ3n) is 2.51. The lowest BCUT2D eigenvalue weighted by molar-refractivity contribution is -0.384. The molecule has 0 saturated carbocycles. The van der Waals surface area contributed by atoms with Crippen molar-refractivity contribution in [3.05, 3.63) is 55.2 Å². The molecule has 2 rings (SSSR count). The Bertz CT molecular complexity index is 689. The van der Waals surface area contributed by atoms with Gasteiger partial charge in [-0.3, -0.25) is 20.3 Å². The van der Waals surface area contributed by atoms with Crippen molar-refractivity contribution in [3.63, 3.8) is 0 Å². The SMILES string of the molecule is NNC(=O)c1ccc(COc2ccc([N+](=O)[O-])cc2Cl)s1. The molecule has 1 aromatic carbocycles. The van der Waals surface area contributed by atoms with Crippen LogP contribution in [0, 0.1) is 10.1 Å². The molecule has 0 bridgehead atoms. The summed E-state index contributed by atoms with van der Waals surface area (Å²) in [6.45, 7) is 0.194. The number of nitrogens with zero attached hydrogens (tertiary/aromatic N) is 1. The van der Waals surface area contributed by atoms with Crippen molar-refractivity contribution >= 4 is 34.5 Å². The maximum Gasteiger partial charge on any atom is 0.275 e. The largest absolute Gasteiger partial charge is 0.487 e. The molecule has 0 aliphatic rings. The van der Waals surface area contributed by atoms with E-state index in [-0.39, 0.29) is 23.2 Å². The Morgan fingerprint density at radius 3 is 2.81 bits per heavy atom. The molecule has 9 heteroatoms. The summed E-state index contributed by atoms with van der Waals surface area (Å²) in [4.78, 5) is 22.6. The highest BCUT2D eigenvalue weighted by Gasteiger charge is 2.12. The van der Waals surface area contributed by atoms with Crippen LogP contribution in [0.2, 0.25) is 5.02 Å². The van der Waals surface area contributed by atoms with E-state index < -0.39 is 4.92 Å². The van der Waals surface area contributed by atoms with Crippen LogP contribution in [-0.2, 0) is 6.61 Å². The smallest absolute Gasteiger partial charge is 0.275 e. The Hall–Kier alpha value is -2.16. The fourth-order valence-corrected chi connectivity index (χ4v) is 2.57. The van der Waals surface area contributed by atoms with Crippen LogP contribution in [0.3, 0.4) is 0 Å². The molecule has 0 aliphatic carbocycles. The highest BCUT2D eigenvalue weighted by Crippen LogP contribution is 2.29. The van der Waals surface area contributed by atoms with Gasteiger partial charge in [-0.25, -0.2) is 5.84 Å². The number of amides is 1. The van der Waals surface area contributed by atoms with Gasteiger partial charge in [0.25, 0.3) is 11.6 Å². The fourth-order valence-electron chi connectivity index (χ4n) is 1.52. The molecule has 2 aromatic rings. The molecule has 1 aromatic heterocycles. The zero-order chi connectivity index (χ0) is 15.4. The molecule has 0 spiro atoms. The first-order valence-corrected chi connectivity index (χ1v) is 6.87. The number of hydrogen-bond acceptors (Lipinski definition) is 6. The molecule has 0 aliphatic heterocycles. The van der Waals surface area contributed by atoms with Crippen molar-refractivity contribution in [2.45, 2.75) is 6.61 Å². The third-order valence-corrected chi connectivity index (χ3v) is 3.87. The van der Waals surface area contributed by atoms with Crippen LogP contribution in [0.1, 0.15) is 14.5 Å². The van der Waals surface area contributed by atoms with Crippen molar-refractivity contribution in [1.29, 1.82) is 0 Å². The van der Waals surface area contributed by atoms with Crippen LogP contribution < -0.4 is 16.0 Å². The first kappa shape index (κ1) is 15.2. The van der Waals surface area contributed by atoms with Gasteiger partial charge in [-0.05, 0) is 18.2 Å². The first-order valence-electron chi connectivity index (χ1n) is 5.67. The van der Waals surface area contributed by atoms with Crippen LogP contribution in [0.5, 0.6) is 5.75 Å². The fraction of sp³-hybridized carbons (Fsp3) is 0.0833. The number of hydrogen-bond donors (Lipinski definition) is 2. The Morgan fingerprint density at radius 1 is 1.43 bits per heavy atom. The maximum atomic E-state index is 11.3. The standard InChI is InChI=1S/C12H10ClN3O4S/c13-9-5-7(16(18)19)1-3-10(9)20-6-8-2-4-11(21-8)12(17)15-14/h1-5H,6,14H2,(H,15,17). The molecule has 21 heavy (non-hydrogen) atoms. The lowest BCUT2D eigenvalue weighted by atomic mass is 10.3. The van der Waals surface area contributed by atoms with Gasteiger partial charge in [0.05, 0.1) is 14.8 Å². The molecule has 7 nitrogen and oxygen atoms in total. The van der Waals surface area contributed by atoms with Gasteiger partial charge in [0.15, 0.2) is 0 Å². The highest BCUT2D eigenvalue weighted by atomic mass is 35.5. The highest BCUT2D eigenvalue weighted by molar-refractivity contribution is 7.14. The number of carbonyl (C=O) groups is 1. The Labute approximate surface area is 128 Å². The number of hydrazine groups is 1. The molecular weight excluding hydrogens is 318 g/mol. The number of rotatable bonds is 5. The normalized spacial score (nSPS) is 10.2. The first-order chi connectivity index (χ1) is 10.0. The number of thiophene rings is 1. The van der Waals surface area contributed by atoms with Gasteiger partial charge in [-0.1, -0.05) is 11.6 Å². The number of non-ortho nitro benzene ring substituents is 1. The molecule has 1 amide bonds. The molecule has 1 heterocycles. The number of ether oxygens (including phenoxy) is 1.